The molecule has 1 amide bonds. The molecule has 1 aliphatic carbocycles. The SMILES string of the molecule is O=C(c1ccc(NC2CC2)c(F)c1)N1CCCCC1. The van der Waals surface area contributed by atoms with Gasteiger partial charge in [-0.1, -0.05) is 0 Å². The van der Waals surface area contributed by atoms with E-state index in [0.29, 0.717) is 17.3 Å². The molecule has 0 radical (unpaired) electrons. The number of anilines is 1. The molecule has 1 N–H and O–H groups in total. The number of hydrogen-bond acceptors (Lipinski definition) is 2. The van der Waals surface area contributed by atoms with Gasteiger partial charge < -0.3 is 10.2 Å². The van der Waals surface area contributed by atoms with Crippen LogP contribution in [0.25, 0.3) is 0 Å². The fourth-order valence-electron chi connectivity index (χ4n) is 2.49. The van der Waals surface area contributed by atoms with Crippen LogP contribution in [0.1, 0.15) is 42.5 Å². The molecule has 0 atom stereocenters. The van der Waals surface area contributed by atoms with Gasteiger partial charge in [0.1, 0.15) is 5.82 Å². The third-order valence-corrected chi connectivity index (χ3v) is 3.80. The summed E-state index contributed by atoms with van der Waals surface area (Å²) in [7, 11) is 0. The lowest BCUT2D eigenvalue weighted by atomic mass is 10.1. The van der Waals surface area contributed by atoms with Crippen molar-refractivity contribution in [1.29, 1.82) is 0 Å². The average Bonchev–Trinajstić information content (AvgIpc) is 3.25. The summed E-state index contributed by atoms with van der Waals surface area (Å²) in [6.45, 7) is 1.59. The lowest BCUT2D eigenvalue weighted by Crippen LogP contribution is -2.35. The Hall–Kier alpha value is -1.58. The monoisotopic (exact) mass is 262 g/mol. The van der Waals surface area contributed by atoms with Crippen LogP contribution < -0.4 is 5.32 Å². The second kappa shape index (κ2) is 5.19. The summed E-state index contributed by atoms with van der Waals surface area (Å²) in [5.41, 5.74) is 0.971. The van der Waals surface area contributed by atoms with Crippen LogP contribution in [0.4, 0.5) is 10.1 Å². The first-order valence-corrected chi connectivity index (χ1v) is 7.09. The Bertz CT molecular complexity index is 479. The Morgan fingerprint density at radius 1 is 1.21 bits per heavy atom. The molecule has 3 rings (SSSR count). The second-order valence-electron chi connectivity index (χ2n) is 5.47. The van der Waals surface area contributed by atoms with E-state index in [0.717, 1.165) is 38.8 Å². The zero-order valence-electron chi connectivity index (χ0n) is 11.0. The maximum absolute atomic E-state index is 13.9. The number of amides is 1. The molecule has 0 aromatic heterocycles. The summed E-state index contributed by atoms with van der Waals surface area (Å²) < 4.78 is 13.9. The molecule has 3 nitrogen and oxygen atoms in total. The van der Waals surface area contributed by atoms with Crippen LogP contribution in [-0.2, 0) is 0 Å². The molecular formula is C15H19FN2O. The van der Waals surface area contributed by atoms with Gasteiger partial charge in [0, 0.05) is 24.7 Å². The lowest BCUT2D eigenvalue weighted by molar-refractivity contribution is 0.0724. The fourth-order valence-corrected chi connectivity index (χ4v) is 2.49. The molecule has 1 aromatic carbocycles. The van der Waals surface area contributed by atoms with Gasteiger partial charge in [-0.15, -0.1) is 0 Å². The number of likely N-dealkylation sites (tertiary alicyclic amines) is 1. The van der Waals surface area contributed by atoms with Gasteiger partial charge in [0.2, 0.25) is 0 Å². The molecule has 1 aliphatic heterocycles. The van der Waals surface area contributed by atoms with Crippen molar-refractivity contribution >= 4 is 11.6 Å². The maximum Gasteiger partial charge on any atom is 0.253 e. The molecule has 2 aliphatic rings. The van der Waals surface area contributed by atoms with Gasteiger partial charge in [0.25, 0.3) is 5.91 Å². The third-order valence-electron chi connectivity index (χ3n) is 3.80. The van der Waals surface area contributed by atoms with Crippen LogP contribution in [0.5, 0.6) is 0 Å². The summed E-state index contributed by atoms with van der Waals surface area (Å²) in [6, 6.07) is 5.19. The normalized spacial score (nSPS) is 19.3. The van der Waals surface area contributed by atoms with E-state index in [9.17, 15) is 9.18 Å². The summed E-state index contributed by atoms with van der Waals surface area (Å²) in [5.74, 6) is -0.369. The van der Waals surface area contributed by atoms with Crippen LogP contribution in [0.3, 0.4) is 0 Å². The standard InChI is InChI=1S/C15H19FN2O/c16-13-10-11(4-7-14(13)17-12-5-6-12)15(19)18-8-2-1-3-9-18/h4,7,10,12,17H,1-3,5-6,8-9H2. The molecular weight excluding hydrogens is 243 g/mol. The first-order valence-electron chi connectivity index (χ1n) is 7.09. The number of carbonyl (C=O) groups excluding carboxylic acids is 1. The molecule has 0 spiro atoms. The van der Waals surface area contributed by atoms with Crippen LogP contribution in [0.15, 0.2) is 18.2 Å². The van der Waals surface area contributed by atoms with Gasteiger partial charge in [-0.25, -0.2) is 4.39 Å². The maximum atomic E-state index is 13.9. The zero-order valence-corrected chi connectivity index (χ0v) is 11.0. The van der Waals surface area contributed by atoms with Gasteiger partial charge in [-0.2, -0.15) is 0 Å². The van der Waals surface area contributed by atoms with E-state index in [1.807, 2.05) is 4.90 Å². The Kier molecular flexibility index (Phi) is 3.40. The van der Waals surface area contributed by atoms with Crippen LogP contribution in [-0.4, -0.2) is 29.9 Å². The molecule has 1 aromatic rings. The topological polar surface area (TPSA) is 32.3 Å². The number of carbonyl (C=O) groups is 1. The highest BCUT2D eigenvalue weighted by Gasteiger charge is 2.23. The Morgan fingerprint density at radius 2 is 1.95 bits per heavy atom. The van der Waals surface area contributed by atoms with Crippen LogP contribution >= 0.6 is 0 Å². The highest BCUT2D eigenvalue weighted by atomic mass is 19.1. The van der Waals surface area contributed by atoms with Gasteiger partial charge in [-0.05, 0) is 50.3 Å². The van der Waals surface area contributed by atoms with Crippen molar-refractivity contribution < 1.29 is 9.18 Å². The van der Waals surface area contributed by atoms with Gasteiger partial charge in [0.15, 0.2) is 0 Å². The number of hydrogen-bond donors (Lipinski definition) is 1. The Balaban J connectivity index is 1.72. The Labute approximate surface area is 112 Å². The minimum Gasteiger partial charge on any atom is -0.380 e. The number of rotatable bonds is 3. The predicted octanol–water partition coefficient (Wildman–Crippen LogP) is 3.03. The molecule has 102 valence electrons. The van der Waals surface area contributed by atoms with Gasteiger partial charge in [-0.3, -0.25) is 4.79 Å². The molecule has 0 bridgehead atoms. The van der Waals surface area contributed by atoms with Crippen molar-refractivity contribution in [3.63, 3.8) is 0 Å². The zero-order chi connectivity index (χ0) is 13.2. The molecule has 1 saturated carbocycles. The summed E-state index contributed by atoms with van der Waals surface area (Å²) in [5, 5.41) is 3.13. The molecule has 1 saturated heterocycles. The van der Waals surface area contributed by atoms with Crippen LogP contribution in [0.2, 0.25) is 0 Å². The van der Waals surface area contributed by atoms with Crippen LogP contribution in [0, 0.1) is 5.82 Å². The summed E-state index contributed by atoms with van der Waals surface area (Å²) in [6.07, 6.45) is 5.50. The lowest BCUT2D eigenvalue weighted by Gasteiger charge is -2.26. The van der Waals surface area contributed by atoms with Gasteiger partial charge in [0.05, 0.1) is 5.69 Å². The number of nitrogens with zero attached hydrogens (tertiary/aromatic N) is 1. The average molecular weight is 262 g/mol. The first kappa shape index (κ1) is 12.5. The van der Waals surface area contributed by atoms with E-state index in [2.05, 4.69) is 5.32 Å². The fraction of sp³-hybridized carbons (Fsp3) is 0.533. The third kappa shape index (κ3) is 2.88. The number of halogens is 1. The van der Waals surface area contributed by atoms with Crippen molar-refractivity contribution in [2.45, 2.75) is 38.1 Å². The van der Waals surface area contributed by atoms with Crippen molar-refractivity contribution in [3.05, 3.63) is 29.6 Å². The minimum atomic E-state index is -0.324. The van der Waals surface area contributed by atoms with E-state index >= 15 is 0 Å². The predicted molar refractivity (Wildman–Crippen MR) is 72.8 cm³/mol. The number of benzene rings is 1. The minimum absolute atomic E-state index is 0.0448. The first-order chi connectivity index (χ1) is 9.24. The molecule has 2 fully saturated rings. The molecule has 0 unspecified atom stereocenters. The van der Waals surface area contributed by atoms with Crippen molar-refractivity contribution in [1.82, 2.24) is 4.90 Å². The van der Waals surface area contributed by atoms with Crippen molar-refractivity contribution in [2.75, 3.05) is 18.4 Å². The second-order valence-corrected chi connectivity index (χ2v) is 5.47. The quantitative estimate of drug-likeness (QED) is 0.908. The van der Waals surface area contributed by atoms with Gasteiger partial charge >= 0.3 is 0 Å². The van der Waals surface area contributed by atoms with E-state index in [-0.39, 0.29) is 11.7 Å². The van der Waals surface area contributed by atoms with E-state index in [4.69, 9.17) is 0 Å². The van der Waals surface area contributed by atoms with E-state index in [1.165, 1.54) is 12.5 Å². The summed E-state index contributed by atoms with van der Waals surface area (Å²) in [4.78, 5) is 14.1. The summed E-state index contributed by atoms with van der Waals surface area (Å²) >= 11 is 0. The molecule has 19 heavy (non-hydrogen) atoms. The highest BCUT2D eigenvalue weighted by Crippen LogP contribution is 2.27. The van der Waals surface area contributed by atoms with E-state index in [1.54, 1.807) is 12.1 Å². The van der Waals surface area contributed by atoms with Crippen molar-refractivity contribution in [3.8, 4) is 0 Å². The number of piperidine rings is 1. The molecule has 4 heteroatoms. The number of nitrogens with one attached hydrogen (secondary N) is 1. The smallest absolute Gasteiger partial charge is 0.253 e. The van der Waals surface area contributed by atoms with E-state index < -0.39 is 0 Å². The largest absolute Gasteiger partial charge is 0.380 e. The van der Waals surface area contributed by atoms with Crippen molar-refractivity contribution in [2.24, 2.45) is 0 Å². The molecule has 1 heterocycles. The Morgan fingerprint density at radius 3 is 2.58 bits per heavy atom. The highest BCUT2D eigenvalue weighted by molar-refractivity contribution is 5.94.